The van der Waals surface area contributed by atoms with E-state index in [1.54, 1.807) is 0 Å². The predicted molar refractivity (Wildman–Crippen MR) is 86.0 cm³/mol. The highest BCUT2D eigenvalue weighted by atomic mass is 31.2. The third-order valence-corrected chi connectivity index (χ3v) is 3.91. The van der Waals surface area contributed by atoms with Gasteiger partial charge in [0.2, 0.25) is 0 Å². The van der Waals surface area contributed by atoms with Crippen LogP contribution in [0.1, 0.15) is 63.6 Å². The van der Waals surface area contributed by atoms with Crippen molar-refractivity contribution in [2.75, 3.05) is 0 Å². The van der Waals surface area contributed by atoms with Crippen LogP contribution in [-0.2, 0) is 9.36 Å². The number of alkyl halides is 1. The molecule has 0 spiro atoms. The predicted octanol–water partition coefficient (Wildman–Crippen LogP) is 4.49. The summed E-state index contributed by atoms with van der Waals surface area (Å²) in [5.74, 6) is -0.540. The molecule has 0 saturated heterocycles. The standard InChI is InChI=1S/C16H24FO5P/c1-2-3-4-5-6-7-8-15(18)16(17)13-9-11-14(12-10-13)22-23(19,20)21/h9-12,16H,2-8H2,1H3,(H2,19,20,21). The van der Waals surface area contributed by atoms with Gasteiger partial charge in [-0.05, 0) is 24.1 Å². The van der Waals surface area contributed by atoms with Gasteiger partial charge in [-0.3, -0.25) is 14.6 Å². The van der Waals surface area contributed by atoms with Gasteiger partial charge in [0.15, 0.2) is 12.0 Å². The highest BCUT2D eigenvalue weighted by molar-refractivity contribution is 7.46. The van der Waals surface area contributed by atoms with Crippen LogP contribution in [0.3, 0.4) is 0 Å². The highest BCUT2D eigenvalue weighted by Crippen LogP contribution is 2.37. The summed E-state index contributed by atoms with van der Waals surface area (Å²) < 4.78 is 29.1. The van der Waals surface area contributed by atoms with E-state index in [0.717, 1.165) is 25.7 Å². The van der Waals surface area contributed by atoms with Crippen LogP contribution in [0.25, 0.3) is 0 Å². The molecule has 23 heavy (non-hydrogen) atoms. The summed E-state index contributed by atoms with van der Waals surface area (Å²) in [4.78, 5) is 29.2. The fraction of sp³-hybridized carbons (Fsp3) is 0.562. The van der Waals surface area contributed by atoms with E-state index >= 15 is 0 Å². The Labute approximate surface area is 136 Å². The molecule has 0 aromatic heterocycles. The first-order valence-electron chi connectivity index (χ1n) is 7.85. The van der Waals surface area contributed by atoms with Crippen molar-refractivity contribution >= 4 is 13.6 Å². The summed E-state index contributed by atoms with van der Waals surface area (Å²) in [6.45, 7) is 2.13. The number of hydrogen-bond acceptors (Lipinski definition) is 3. The monoisotopic (exact) mass is 346 g/mol. The molecule has 0 fully saturated rings. The highest BCUT2D eigenvalue weighted by Gasteiger charge is 2.20. The molecule has 1 aromatic rings. The molecule has 0 radical (unpaired) electrons. The quantitative estimate of drug-likeness (QED) is 0.456. The molecule has 0 aliphatic heterocycles. The van der Waals surface area contributed by atoms with E-state index in [0.29, 0.717) is 6.42 Å². The Hall–Kier alpha value is -1.23. The molecular weight excluding hydrogens is 322 g/mol. The lowest BCUT2D eigenvalue weighted by molar-refractivity contribution is -0.124. The van der Waals surface area contributed by atoms with Gasteiger partial charge in [-0.2, -0.15) is 0 Å². The van der Waals surface area contributed by atoms with Crippen molar-refractivity contribution in [3.63, 3.8) is 0 Å². The molecule has 0 amide bonds. The van der Waals surface area contributed by atoms with E-state index in [4.69, 9.17) is 9.79 Å². The number of carbonyl (C=O) groups is 1. The van der Waals surface area contributed by atoms with Gasteiger partial charge in [-0.15, -0.1) is 0 Å². The zero-order chi connectivity index (χ0) is 17.3. The number of rotatable bonds is 11. The van der Waals surface area contributed by atoms with Crippen molar-refractivity contribution in [1.82, 2.24) is 0 Å². The minimum atomic E-state index is -4.63. The van der Waals surface area contributed by atoms with E-state index in [1.165, 1.54) is 30.7 Å². The SMILES string of the molecule is CCCCCCCCC(=O)C(F)c1ccc(OP(=O)(O)O)cc1. The van der Waals surface area contributed by atoms with Gasteiger partial charge in [-0.25, -0.2) is 8.96 Å². The molecular formula is C16H24FO5P. The van der Waals surface area contributed by atoms with Crippen molar-refractivity contribution in [3.8, 4) is 5.75 Å². The average Bonchev–Trinajstić information content (AvgIpc) is 2.49. The maximum atomic E-state index is 14.1. The van der Waals surface area contributed by atoms with Gasteiger partial charge in [-0.1, -0.05) is 51.2 Å². The zero-order valence-electron chi connectivity index (χ0n) is 13.3. The Morgan fingerprint density at radius 2 is 1.70 bits per heavy atom. The third kappa shape index (κ3) is 8.26. The second kappa shape index (κ2) is 9.81. The molecule has 7 heteroatoms. The maximum absolute atomic E-state index is 14.1. The number of ketones is 1. The van der Waals surface area contributed by atoms with E-state index in [2.05, 4.69) is 11.4 Å². The first kappa shape index (κ1) is 19.8. The van der Waals surface area contributed by atoms with Crippen LogP contribution in [0.4, 0.5) is 4.39 Å². The van der Waals surface area contributed by atoms with Gasteiger partial charge in [0.25, 0.3) is 0 Å². The van der Waals surface area contributed by atoms with Crippen LogP contribution in [0.15, 0.2) is 24.3 Å². The smallest absolute Gasteiger partial charge is 0.404 e. The normalized spacial score (nSPS) is 12.9. The number of phosphoric ester groups is 1. The number of phosphoric acid groups is 1. The number of unbranched alkanes of at least 4 members (excludes halogenated alkanes) is 5. The second-order valence-electron chi connectivity index (χ2n) is 5.50. The first-order valence-corrected chi connectivity index (χ1v) is 9.38. The Morgan fingerprint density at radius 3 is 2.26 bits per heavy atom. The van der Waals surface area contributed by atoms with Gasteiger partial charge >= 0.3 is 7.82 Å². The summed E-state index contributed by atoms with van der Waals surface area (Å²) in [6, 6.07) is 5.07. The summed E-state index contributed by atoms with van der Waals surface area (Å²) in [7, 11) is -4.63. The summed E-state index contributed by atoms with van der Waals surface area (Å²) in [5.41, 5.74) is 0.166. The second-order valence-corrected chi connectivity index (χ2v) is 6.66. The molecule has 130 valence electrons. The molecule has 2 N–H and O–H groups in total. The average molecular weight is 346 g/mol. The molecule has 1 aromatic carbocycles. The van der Waals surface area contributed by atoms with Crippen LogP contribution < -0.4 is 4.52 Å². The van der Waals surface area contributed by atoms with Crippen molar-refractivity contribution in [3.05, 3.63) is 29.8 Å². The van der Waals surface area contributed by atoms with Crippen LogP contribution in [0.5, 0.6) is 5.75 Å². The lowest BCUT2D eigenvalue weighted by atomic mass is 10.0. The van der Waals surface area contributed by atoms with Crippen LogP contribution in [-0.4, -0.2) is 15.6 Å². The lowest BCUT2D eigenvalue weighted by Crippen LogP contribution is -2.07. The van der Waals surface area contributed by atoms with E-state index in [9.17, 15) is 13.8 Å². The number of carbonyl (C=O) groups excluding carboxylic acids is 1. The Kier molecular flexibility index (Phi) is 8.45. The third-order valence-electron chi connectivity index (χ3n) is 3.46. The minimum Gasteiger partial charge on any atom is -0.404 e. The summed E-state index contributed by atoms with van der Waals surface area (Å²) in [6.07, 6.45) is 4.65. The van der Waals surface area contributed by atoms with Crippen molar-refractivity contribution in [1.29, 1.82) is 0 Å². The molecule has 1 atom stereocenters. The zero-order valence-corrected chi connectivity index (χ0v) is 14.2. The number of hydrogen-bond donors (Lipinski definition) is 2. The van der Waals surface area contributed by atoms with E-state index < -0.39 is 19.8 Å². The lowest BCUT2D eigenvalue weighted by Gasteiger charge is -2.10. The maximum Gasteiger partial charge on any atom is 0.524 e. The first-order chi connectivity index (χ1) is 10.8. The molecule has 1 unspecified atom stereocenters. The van der Waals surface area contributed by atoms with Crippen molar-refractivity contribution in [2.45, 2.75) is 58.0 Å². The summed E-state index contributed by atoms with van der Waals surface area (Å²) >= 11 is 0. The van der Waals surface area contributed by atoms with Crippen LogP contribution >= 0.6 is 7.82 Å². The molecule has 0 aliphatic carbocycles. The Balaban J connectivity index is 2.42. The summed E-state index contributed by atoms with van der Waals surface area (Å²) in [5, 5.41) is 0. The number of Topliss-reactive ketones (excluding diaryl/α,β-unsaturated/α-hetero) is 1. The molecule has 0 saturated carbocycles. The fourth-order valence-corrected chi connectivity index (χ4v) is 2.62. The molecule has 0 heterocycles. The fourth-order valence-electron chi connectivity index (χ4n) is 2.23. The van der Waals surface area contributed by atoms with Gasteiger partial charge in [0, 0.05) is 6.42 Å². The van der Waals surface area contributed by atoms with E-state index in [-0.39, 0.29) is 17.7 Å². The Bertz CT molecular complexity index is 526. The molecule has 5 nitrogen and oxygen atoms in total. The Morgan fingerprint density at radius 1 is 1.13 bits per heavy atom. The van der Waals surface area contributed by atoms with E-state index in [1.807, 2.05) is 0 Å². The van der Waals surface area contributed by atoms with Crippen LogP contribution in [0.2, 0.25) is 0 Å². The van der Waals surface area contributed by atoms with Crippen LogP contribution in [0, 0.1) is 0 Å². The largest absolute Gasteiger partial charge is 0.524 e. The number of benzene rings is 1. The van der Waals surface area contributed by atoms with Gasteiger partial charge in [0.1, 0.15) is 5.75 Å². The van der Waals surface area contributed by atoms with Gasteiger partial charge in [0.05, 0.1) is 0 Å². The van der Waals surface area contributed by atoms with Crippen molar-refractivity contribution < 1.29 is 28.1 Å². The molecule has 0 bridgehead atoms. The minimum absolute atomic E-state index is 0.0716. The topological polar surface area (TPSA) is 83.8 Å². The molecule has 0 aliphatic rings. The molecule has 1 rings (SSSR count). The number of halogens is 1. The van der Waals surface area contributed by atoms with Gasteiger partial charge < -0.3 is 4.52 Å². The van der Waals surface area contributed by atoms with Crippen molar-refractivity contribution in [2.24, 2.45) is 0 Å².